The lowest BCUT2D eigenvalue weighted by Crippen LogP contribution is -2.25. The summed E-state index contributed by atoms with van der Waals surface area (Å²) in [6, 6.07) is 11.4. The highest BCUT2D eigenvalue weighted by molar-refractivity contribution is 5.53. The van der Waals surface area contributed by atoms with Crippen molar-refractivity contribution >= 4 is 11.4 Å². The van der Waals surface area contributed by atoms with Gasteiger partial charge in [-0.3, -0.25) is 5.21 Å². The van der Waals surface area contributed by atoms with Crippen molar-refractivity contribution in [2.24, 2.45) is 5.18 Å². The molecule has 0 bridgehead atoms. The first-order valence-corrected chi connectivity index (χ1v) is 6.52. The van der Waals surface area contributed by atoms with E-state index in [2.05, 4.69) is 11.8 Å². The third-order valence-electron chi connectivity index (χ3n) is 3.23. The van der Waals surface area contributed by atoms with E-state index in [1.54, 1.807) is 24.3 Å². The van der Waals surface area contributed by atoms with Gasteiger partial charge in [-0.05, 0) is 54.0 Å². The Morgan fingerprint density at radius 3 is 2.41 bits per heavy atom. The molecule has 1 atom stereocenters. The second-order valence-corrected chi connectivity index (χ2v) is 4.65. The van der Waals surface area contributed by atoms with Gasteiger partial charge in [0.25, 0.3) is 0 Å². The van der Waals surface area contributed by atoms with Gasteiger partial charge < -0.3 is 4.74 Å². The maximum Gasteiger partial charge on any atom is 0.118 e. The fourth-order valence-corrected chi connectivity index (χ4v) is 2.09. The standard InChI is InChI=1S/C17H18N2O3/c1-12(2)17(13-4-10-16(22-3)11-5-13)19(21)15-8-6-14(18-20)7-9-15/h4-11,17,21H,1H2,2-3H3/i2D3. The fourth-order valence-electron chi connectivity index (χ4n) is 2.09. The predicted octanol–water partition coefficient (Wildman–Crippen LogP) is 4.61. The number of nitroso groups, excluding NO2 is 1. The monoisotopic (exact) mass is 301 g/mol. The number of benzene rings is 2. The van der Waals surface area contributed by atoms with Gasteiger partial charge in [0.1, 0.15) is 17.5 Å². The third-order valence-corrected chi connectivity index (χ3v) is 3.23. The summed E-state index contributed by atoms with van der Waals surface area (Å²) in [4.78, 5) is 10.5. The summed E-state index contributed by atoms with van der Waals surface area (Å²) in [5.74, 6) is 0.605. The highest BCUT2D eigenvalue weighted by atomic mass is 16.5. The maximum atomic E-state index is 10.6. The molecule has 0 aliphatic heterocycles. The van der Waals surface area contributed by atoms with E-state index in [0.717, 1.165) is 5.06 Å². The lowest BCUT2D eigenvalue weighted by Gasteiger charge is -2.28. The van der Waals surface area contributed by atoms with Crippen LogP contribution in [0.3, 0.4) is 0 Å². The van der Waals surface area contributed by atoms with E-state index in [9.17, 15) is 10.1 Å². The molecule has 2 aromatic rings. The van der Waals surface area contributed by atoms with Crippen molar-refractivity contribution in [1.29, 1.82) is 0 Å². The van der Waals surface area contributed by atoms with Crippen LogP contribution >= 0.6 is 0 Å². The molecule has 2 aromatic carbocycles. The predicted molar refractivity (Wildman–Crippen MR) is 86.7 cm³/mol. The topological polar surface area (TPSA) is 62.1 Å². The van der Waals surface area contributed by atoms with Gasteiger partial charge in [0.15, 0.2) is 0 Å². The molecular weight excluding hydrogens is 280 g/mol. The van der Waals surface area contributed by atoms with E-state index in [0.29, 0.717) is 17.0 Å². The van der Waals surface area contributed by atoms with Gasteiger partial charge in [0, 0.05) is 4.11 Å². The van der Waals surface area contributed by atoms with Crippen LogP contribution in [-0.4, -0.2) is 12.3 Å². The molecule has 0 spiro atoms. The van der Waals surface area contributed by atoms with Gasteiger partial charge >= 0.3 is 0 Å². The number of nitrogens with zero attached hydrogens (tertiary/aromatic N) is 2. The van der Waals surface area contributed by atoms with Crippen molar-refractivity contribution in [3.8, 4) is 5.75 Å². The lowest BCUT2D eigenvalue weighted by molar-refractivity contribution is 0.229. The molecule has 0 amide bonds. The molecule has 22 heavy (non-hydrogen) atoms. The third kappa shape index (κ3) is 3.32. The molecule has 5 nitrogen and oxygen atoms in total. The van der Waals surface area contributed by atoms with Crippen LogP contribution in [0.15, 0.2) is 65.9 Å². The number of ether oxygens (including phenoxy) is 1. The zero-order valence-corrected chi connectivity index (χ0v) is 12.1. The number of rotatable bonds is 6. The normalized spacial score (nSPS) is 14.2. The summed E-state index contributed by atoms with van der Waals surface area (Å²) in [5.41, 5.74) is 0.895. The van der Waals surface area contributed by atoms with Crippen molar-refractivity contribution in [2.45, 2.75) is 12.9 Å². The molecule has 0 aromatic heterocycles. The largest absolute Gasteiger partial charge is 0.497 e. The van der Waals surface area contributed by atoms with Crippen LogP contribution in [0.4, 0.5) is 11.4 Å². The summed E-state index contributed by atoms with van der Waals surface area (Å²) in [6.07, 6.45) is 0. The molecule has 2 rings (SSSR count). The van der Waals surface area contributed by atoms with Crippen LogP contribution in [0.5, 0.6) is 5.75 Å². The average Bonchev–Trinajstić information content (AvgIpc) is 2.61. The van der Waals surface area contributed by atoms with Gasteiger partial charge in [0.2, 0.25) is 0 Å². The summed E-state index contributed by atoms with van der Waals surface area (Å²) < 4.78 is 28.0. The SMILES string of the molecule is [2H]C([2H])([2H])C(=C)C(c1ccc(OC)cc1)N(O)c1ccc(N=O)cc1. The Morgan fingerprint density at radius 1 is 1.27 bits per heavy atom. The second-order valence-electron chi connectivity index (χ2n) is 4.65. The minimum absolute atomic E-state index is 0.141. The van der Waals surface area contributed by atoms with E-state index in [-0.39, 0.29) is 11.3 Å². The van der Waals surface area contributed by atoms with E-state index >= 15 is 0 Å². The summed E-state index contributed by atoms with van der Waals surface area (Å²) >= 11 is 0. The number of hydrogen-bond donors (Lipinski definition) is 1. The first-order valence-electron chi connectivity index (χ1n) is 8.02. The average molecular weight is 301 g/mol. The molecule has 114 valence electrons. The summed E-state index contributed by atoms with van der Waals surface area (Å²) in [6.45, 7) is 1.20. The van der Waals surface area contributed by atoms with Crippen molar-refractivity contribution in [3.63, 3.8) is 0 Å². The molecule has 0 radical (unpaired) electrons. The van der Waals surface area contributed by atoms with Crippen LogP contribution in [0.25, 0.3) is 0 Å². The molecule has 1 N–H and O–H groups in total. The van der Waals surface area contributed by atoms with E-state index in [1.165, 1.54) is 31.4 Å². The molecule has 0 fully saturated rings. The smallest absolute Gasteiger partial charge is 0.118 e. The summed E-state index contributed by atoms with van der Waals surface area (Å²) in [5, 5.41) is 14.2. The Kier molecular flexibility index (Phi) is 3.73. The Hall–Kier alpha value is -2.66. The fraction of sp³-hybridized carbons (Fsp3) is 0.176. The van der Waals surface area contributed by atoms with Gasteiger partial charge in [-0.25, -0.2) is 5.06 Å². The van der Waals surface area contributed by atoms with E-state index in [4.69, 9.17) is 8.85 Å². The van der Waals surface area contributed by atoms with E-state index in [1.807, 2.05) is 0 Å². The van der Waals surface area contributed by atoms with Crippen LogP contribution in [0.1, 0.15) is 22.6 Å². The minimum Gasteiger partial charge on any atom is -0.497 e. The number of anilines is 1. The molecule has 0 saturated carbocycles. The van der Waals surface area contributed by atoms with Crippen LogP contribution in [0, 0.1) is 4.91 Å². The Bertz CT molecular complexity index is 743. The second kappa shape index (κ2) is 6.87. The van der Waals surface area contributed by atoms with Crippen molar-refractivity contribution in [1.82, 2.24) is 0 Å². The Labute approximate surface area is 133 Å². The first kappa shape index (κ1) is 11.9. The van der Waals surface area contributed by atoms with Crippen molar-refractivity contribution in [2.75, 3.05) is 12.2 Å². The maximum absolute atomic E-state index is 10.6. The lowest BCUT2D eigenvalue weighted by atomic mass is 10.00. The zero-order valence-electron chi connectivity index (χ0n) is 15.1. The molecule has 0 aliphatic rings. The zero-order chi connectivity index (χ0) is 18.6. The number of hydrogen-bond acceptors (Lipinski definition) is 5. The van der Waals surface area contributed by atoms with Gasteiger partial charge in [-0.2, -0.15) is 0 Å². The first-order chi connectivity index (χ1) is 11.8. The minimum atomic E-state index is -2.46. The number of hydroxylamine groups is 1. The molecule has 5 heteroatoms. The van der Waals surface area contributed by atoms with Crippen LogP contribution < -0.4 is 9.80 Å². The van der Waals surface area contributed by atoms with E-state index < -0.39 is 12.9 Å². The molecule has 0 heterocycles. The van der Waals surface area contributed by atoms with Gasteiger partial charge in [-0.15, -0.1) is 4.91 Å². The quantitative estimate of drug-likeness (QED) is 0.481. The summed E-state index contributed by atoms with van der Waals surface area (Å²) in [7, 11) is 1.52. The molecular formula is C17H18N2O3. The van der Waals surface area contributed by atoms with Gasteiger partial charge in [-0.1, -0.05) is 24.3 Å². The van der Waals surface area contributed by atoms with Crippen LogP contribution in [0.2, 0.25) is 0 Å². The highest BCUT2D eigenvalue weighted by Gasteiger charge is 2.20. The molecule has 1 unspecified atom stereocenters. The van der Waals surface area contributed by atoms with Gasteiger partial charge in [0.05, 0.1) is 12.8 Å². The molecule has 0 saturated heterocycles. The molecule has 0 aliphatic carbocycles. The Morgan fingerprint density at radius 2 is 1.91 bits per heavy atom. The van der Waals surface area contributed by atoms with Crippen molar-refractivity contribution < 1.29 is 14.1 Å². The van der Waals surface area contributed by atoms with Crippen LogP contribution in [-0.2, 0) is 0 Å². The number of methoxy groups -OCH3 is 1. The Balaban J connectivity index is 2.45. The highest BCUT2D eigenvalue weighted by Crippen LogP contribution is 2.32. The van der Waals surface area contributed by atoms with Crippen molar-refractivity contribution in [3.05, 3.63) is 71.2 Å².